The quantitative estimate of drug-likeness (QED) is 0.128. The van der Waals surface area contributed by atoms with Crippen molar-refractivity contribution < 1.29 is 23.7 Å². The maximum atomic E-state index is 6.35. The highest BCUT2D eigenvalue weighted by atomic mass is 79.9. The van der Waals surface area contributed by atoms with Gasteiger partial charge in [0.1, 0.15) is 28.7 Å². The Labute approximate surface area is 284 Å². The van der Waals surface area contributed by atoms with E-state index in [1.807, 2.05) is 48.5 Å². The summed E-state index contributed by atoms with van der Waals surface area (Å²) in [5.74, 6) is 4.12. The molecule has 0 spiro atoms. The zero-order chi connectivity index (χ0) is 32.9. The summed E-state index contributed by atoms with van der Waals surface area (Å²) >= 11 is 4.11. The maximum absolute atomic E-state index is 6.35. The van der Waals surface area contributed by atoms with Gasteiger partial charge in [0.2, 0.25) is 0 Å². The first kappa shape index (κ1) is 32.1. The Morgan fingerprint density at radius 3 is 1.51 bits per heavy atom. The summed E-state index contributed by atoms with van der Waals surface area (Å²) in [6, 6.07) is 33.0. The van der Waals surface area contributed by atoms with E-state index in [1.54, 1.807) is 35.5 Å². The predicted molar refractivity (Wildman–Crippen MR) is 193 cm³/mol. The zero-order valence-corrected chi connectivity index (χ0v) is 28.9. The third-order valence-electron chi connectivity index (χ3n) is 8.62. The second kappa shape index (κ2) is 14.3. The Bertz CT molecular complexity index is 1960. The van der Waals surface area contributed by atoms with E-state index in [-0.39, 0.29) is 0 Å². The average molecular weight is 693 g/mol. The van der Waals surface area contributed by atoms with Gasteiger partial charge < -0.3 is 28.3 Å². The van der Waals surface area contributed by atoms with Crippen molar-refractivity contribution in [3.8, 4) is 51.0 Å². The summed E-state index contributed by atoms with van der Waals surface area (Å²) in [6.07, 6.45) is 3.77. The van der Waals surface area contributed by atoms with Crippen molar-refractivity contribution in [2.45, 2.75) is 19.4 Å². The molecule has 0 fully saturated rings. The minimum atomic E-state index is 0.659. The predicted octanol–water partition coefficient (Wildman–Crippen LogP) is 9.61. The first-order valence-electron chi connectivity index (χ1n) is 15.4. The molecule has 0 saturated carbocycles. The van der Waals surface area contributed by atoms with Crippen LogP contribution < -0.4 is 23.7 Å². The Morgan fingerprint density at radius 1 is 0.553 bits per heavy atom. The number of aromatic nitrogens is 1. The molecule has 0 aliphatic heterocycles. The molecule has 0 saturated heterocycles. The molecular formula is C40H38BrNO5. The number of nitrogens with zero attached hydrogens (tertiary/aromatic N) is 1. The topological polar surface area (TPSA) is 51.1 Å². The van der Waals surface area contributed by atoms with E-state index in [0.29, 0.717) is 6.42 Å². The van der Waals surface area contributed by atoms with Gasteiger partial charge in [-0.05, 0) is 93.1 Å². The fourth-order valence-electron chi connectivity index (χ4n) is 6.12. The van der Waals surface area contributed by atoms with Gasteiger partial charge in [0, 0.05) is 45.7 Å². The molecule has 240 valence electrons. The lowest BCUT2D eigenvalue weighted by molar-refractivity contribution is 0.411. The van der Waals surface area contributed by atoms with Crippen LogP contribution in [0, 0.1) is 0 Å². The third-order valence-corrected chi connectivity index (χ3v) is 9.50. The van der Waals surface area contributed by atoms with Gasteiger partial charge in [-0.15, -0.1) is 0 Å². The van der Waals surface area contributed by atoms with Crippen molar-refractivity contribution in [1.29, 1.82) is 0 Å². The molecule has 0 atom stereocenters. The molecule has 0 radical (unpaired) electrons. The van der Waals surface area contributed by atoms with E-state index < -0.39 is 0 Å². The van der Waals surface area contributed by atoms with Crippen molar-refractivity contribution in [3.63, 3.8) is 0 Å². The van der Waals surface area contributed by atoms with Crippen molar-refractivity contribution >= 4 is 26.8 Å². The number of benzene rings is 5. The van der Waals surface area contributed by atoms with Crippen LogP contribution in [-0.2, 0) is 19.4 Å². The number of methoxy groups -OCH3 is 5. The summed E-state index contributed by atoms with van der Waals surface area (Å²) in [4.78, 5) is 0. The lowest BCUT2D eigenvalue weighted by atomic mass is 9.92. The second-order valence-electron chi connectivity index (χ2n) is 11.2. The van der Waals surface area contributed by atoms with Crippen molar-refractivity contribution in [2.24, 2.45) is 0 Å². The summed E-state index contributed by atoms with van der Waals surface area (Å²) < 4.78 is 31.6. The second-order valence-corrected chi connectivity index (χ2v) is 12.0. The highest BCUT2D eigenvalue weighted by Gasteiger charge is 2.26. The number of rotatable bonds is 12. The van der Waals surface area contributed by atoms with Crippen LogP contribution in [0.15, 0.2) is 108 Å². The van der Waals surface area contributed by atoms with E-state index in [2.05, 4.69) is 75.2 Å². The van der Waals surface area contributed by atoms with Crippen LogP contribution in [0.25, 0.3) is 33.2 Å². The normalized spacial score (nSPS) is 11.0. The molecule has 0 aliphatic carbocycles. The largest absolute Gasteiger partial charge is 0.497 e. The highest BCUT2D eigenvalue weighted by Crippen LogP contribution is 2.49. The molecule has 6 nitrogen and oxygen atoms in total. The first-order valence-corrected chi connectivity index (χ1v) is 16.2. The standard InChI is InChI=1S/C40H38BrNO5/c1-43-30-14-6-26(7-15-30)22-23-42-25-35(28-10-18-32(45-3)19-11-28)37-38(41)34(24-27-8-16-31(44-2)17-9-27)40(47-5)36(39(37)42)29-12-20-33(46-4)21-13-29/h6-21,25H,22-24H2,1-5H3. The van der Waals surface area contributed by atoms with Gasteiger partial charge >= 0.3 is 0 Å². The monoisotopic (exact) mass is 691 g/mol. The average Bonchev–Trinajstić information content (AvgIpc) is 3.51. The van der Waals surface area contributed by atoms with Crippen molar-refractivity contribution in [1.82, 2.24) is 4.57 Å². The Hall–Kier alpha value is -4.88. The molecule has 0 aliphatic rings. The Morgan fingerprint density at radius 2 is 1.02 bits per heavy atom. The van der Waals surface area contributed by atoms with Gasteiger partial charge in [-0.25, -0.2) is 0 Å². The molecule has 6 rings (SSSR count). The van der Waals surface area contributed by atoms with Crippen LogP contribution in [0.2, 0.25) is 0 Å². The molecule has 0 N–H and O–H groups in total. The lowest BCUT2D eigenvalue weighted by Gasteiger charge is -2.20. The molecule has 0 bridgehead atoms. The molecular weight excluding hydrogens is 654 g/mol. The summed E-state index contributed by atoms with van der Waals surface area (Å²) in [7, 11) is 8.51. The summed E-state index contributed by atoms with van der Waals surface area (Å²) in [5.41, 5.74) is 8.84. The Balaban J connectivity index is 1.61. The van der Waals surface area contributed by atoms with E-state index in [4.69, 9.17) is 23.7 Å². The molecule has 1 aromatic heterocycles. The molecule has 47 heavy (non-hydrogen) atoms. The van der Waals surface area contributed by atoms with Gasteiger partial charge in [-0.1, -0.05) is 48.5 Å². The molecule has 7 heteroatoms. The van der Waals surface area contributed by atoms with Gasteiger partial charge in [0.25, 0.3) is 0 Å². The molecule has 1 heterocycles. The van der Waals surface area contributed by atoms with E-state index >= 15 is 0 Å². The zero-order valence-electron chi connectivity index (χ0n) is 27.3. The summed E-state index contributed by atoms with van der Waals surface area (Å²) in [5, 5.41) is 1.13. The number of hydrogen-bond acceptors (Lipinski definition) is 5. The number of aryl methyl sites for hydroxylation is 2. The number of ether oxygens (including phenoxy) is 5. The van der Waals surface area contributed by atoms with E-state index in [1.165, 1.54) is 5.56 Å². The fraction of sp³-hybridized carbons (Fsp3) is 0.200. The summed E-state index contributed by atoms with van der Waals surface area (Å²) in [6.45, 7) is 0.759. The number of fused-ring (bicyclic) bond motifs is 1. The van der Waals surface area contributed by atoms with Gasteiger partial charge in [-0.2, -0.15) is 0 Å². The molecule has 6 aromatic rings. The SMILES string of the molecule is COc1ccc(CCn2cc(-c3ccc(OC)cc3)c3c(Br)c(Cc4ccc(OC)cc4)c(OC)c(-c4ccc(OC)cc4)c32)cc1. The van der Waals surface area contributed by atoms with Crippen LogP contribution in [-0.4, -0.2) is 40.1 Å². The van der Waals surface area contributed by atoms with E-state index in [9.17, 15) is 0 Å². The van der Waals surface area contributed by atoms with Crippen molar-refractivity contribution in [3.05, 3.63) is 124 Å². The minimum Gasteiger partial charge on any atom is -0.497 e. The fourth-order valence-corrected chi connectivity index (χ4v) is 6.84. The van der Waals surface area contributed by atoms with Gasteiger partial charge in [0.15, 0.2) is 0 Å². The van der Waals surface area contributed by atoms with Crippen LogP contribution in [0.3, 0.4) is 0 Å². The smallest absolute Gasteiger partial charge is 0.133 e. The van der Waals surface area contributed by atoms with Crippen LogP contribution >= 0.6 is 15.9 Å². The molecule has 0 amide bonds. The molecule has 0 unspecified atom stereocenters. The first-order chi connectivity index (χ1) is 23.0. The van der Waals surface area contributed by atoms with Crippen molar-refractivity contribution in [2.75, 3.05) is 35.5 Å². The van der Waals surface area contributed by atoms with Crippen LogP contribution in [0.5, 0.6) is 28.7 Å². The van der Waals surface area contributed by atoms with E-state index in [0.717, 1.165) is 90.5 Å². The third kappa shape index (κ3) is 6.54. The minimum absolute atomic E-state index is 0.659. The Kier molecular flexibility index (Phi) is 9.73. The maximum Gasteiger partial charge on any atom is 0.133 e. The number of hydrogen-bond donors (Lipinski definition) is 0. The lowest BCUT2D eigenvalue weighted by Crippen LogP contribution is -2.04. The number of halogens is 1. The highest BCUT2D eigenvalue weighted by molar-refractivity contribution is 9.10. The molecule has 5 aromatic carbocycles. The van der Waals surface area contributed by atoms with Gasteiger partial charge in [-0.3, -0.25) is 0 Å². The van der Waals surface area contributed by atoms with Crippen LogP contribution in [0.4, 0.5) is 0 Å². The van der Waals surface area contributed by atoms with Crippen LogP contribution in [0.1, 0.15) is 16.7 Å². The van der Waals surface area contributed by atoms with Gasteiger partial charge in [0.05, 0.1) is 41.1 Å².